The third-order valence-corrected chi connectivity index (χ3v) is 4.33. The number of hydrogen-bond donors (Lipinski definition) is 1. The predicted octanol–water partition coefficient (Wildman–Crippen LogP) is 2.92. The molecule has 4 nitrogen and oxygen atoms in total. The Morgan fingerprint density at radius 2 is 1.83 bits per heavy atom. The number of rotatable bonds is 4. The number of piperidine rings is 1. The van der Waals surface area contributed by atoms with Crippen molar-refractivity contribution in [2.75, 3.05) is 7.11 Å². The lowest BCUT2D eigenvalue weighted by atomic mass is 9.91. The normalized spacial score (nSPS) is 21.3. The summed E-state index contributed by atoms with van der Waals surface area (Å²) in [6.45, 7) is 0.486. The lowest BCUT2D eigenvalue weighted by Crippen LogP contribution is -2.44. The van der Waals surface area contributed by atoms with Crippen molar-refractivity contribution in [3.8, 4) is 5.75 Å². The van der Waals surface area contributed by atoms with Crippen LogP contribution in [0, 0.1) is 0 Å². The van der Waals surface area contributed by atoms with Gasteiger partial charge in [0.25, 0.3) is 0 Å². The van der Waals surface area contributed by atoms with Gasteiger partial charge in [0.05, 0.1) is 19.3 Å². The van der Waals surface area contributed by atoms with Gasteiger partial charge in [-0.05, 0) is 29.7 Å². The Bertz CT molecular complexity index is 654. The summed E-state index contributed by atoms with van der Waals surface area (Å²) in [5, 5.41) is 10.5. The summed E-state index contributed by atoms with van der Waals surface area (Å²) >= 11 is 0. The van der Waals surface area contributed by atoms with Gasteiger partial charge >= 0.3 is 0 Å². The van der Waals surface area contributed by atoms with E-state index in [-0.39, 0.29) is 11.9 Å². The van der Waals surface area contributed by atoms with Crippen molar-refractivity contribution < 1.29 is 14.6 Å². The maximum atomic E-state index is 12.4. The molecule has 1 aliphatic rings. The van der Waals surface area contributed by atoms with Gasteiger partial charge in [-0.25, -0.2) is 0 Å². The summed E-state index contributed by atoms with van der Waals surface area (Å²) in [4.78, 5) is 14.2. The van der Waals surface area contributed by atoms with Crippen LogP contribution in [0.25, 0.3) is 0 Å². The second-order valence-corrected chi connectivity index (χ2v) is 5.83. The van der Waals surface area contributed by atoms with Crippen LogP contribution in [0.2, 0.25) is 0 Å². The first-order valence-corrected chi connectivity index (χ1v) is 7.84. The molecule has 1 aliphatic heterocycles. The minimum Gasteiger partial charge on any atom is -0.497 e. The quantitative estimate of drug-likeness (QED) is 0.944. The van der Waals surface area contributed by atoms with E-state index in [0.29, 0.717) is 19.4 Å². The first kappa shape index (κ1) is 15.6. The molecular weight excluding hydrogens is 290 g/mol. The fraction of sp³-hybridized carbons (Fsp3) is 0.316. The third kappa shape index (κ3) is 3.37. The third-order valence-electron chi connectivity index (χ3n) is 4.33. The summed E-state index contributed by atoms with van der Waals surface area (Å²) in [6.07, 6.45) is 0.367. The van der Waals surface area contributed by atoms with E-state index < -0.39 is 6.10 Å². The Labute approximate surface area is 136 Å². The van der Waals surface area contributed by atoms with E-state index >= 15 is 0 Å². The molecule has 23 heavy (non-hydrogen) atoms. The molecule has 1 heterocycles. The first-order valence-electron chi connectivity index (χ1n) is 7.84. The lowest BCUT2D eigenvalue weighted by Gasteiger charge is -2.39. The van der Waals surface area contributed by atoms with E-state index in [1.165, 1.54) is 0 Å². The van der Waals surface area contributed by atoms with Gasteiger partial charge in [0.15, 0.2) is 0 Å². The second kappa shape index (κ2) is 6.84. The van der Waals surface area contributed by atoms with E-state index in [1.54, 1.807) is 12.0 Å². The van der Waals surface area contributed by atoms with E-state index in [2.05, 4.69) is 0 Å². The largest absolute Gasteiger partial charge is 0.497 e. The molecule has 1 amide bonds. The van der Waals surface area contributed by atoms with Crippen LogP contribution in [-0.2, 0) is 11.3 Å². The number of amides is 1. The Hall–Kier alpha value is -2.33. The van der Waals surface area contributed by atoms with Crippen LogP contribution in [0.15, 0.2) is 54.6 Å². The molecule has 4 heteroatoms. The number of likely N-dealkylation sites (tertiary alicyclic amines) is 1. The van der Waals surface area contributed by atoms with Gasteiger partial charge < -0.3 is 14.7 Å². The highest BCUT2D eigenvalue weighted by molar-refractivity contribution is 5.78. The number of aliphatic hydroxyl groups excluding tert-OH is 1. The summed E-state index contributed by atoms with van der Waals surface area (Å²) in [7, 11) is 1.63. The van der Waals surface area contributed by atoms with E-state index in [0.717, 1.165) is 16.9 Å². The molecule has 0 spiro atoms. The number of methoxy groups -OCH3 is 1. The zero-order chi connectivity index (χ0) is 16.2. The van der Waals surface area contributed by atoms with Crippen molar-refractivity contribution in [1.29, 1.82) is 0 Å². The number of carbonyl (C=O) groups is 1. The van der Waals surface area contributed by atoms with Crippen LogP contribution in [0.5, 0.6) is 5.75 Å². The number of nitrogens with zero attached hydrogens (tertiary/aromatic N) is 1. The van der Waals surface area contributed by atoms with Crippen LogP contribution in [0.4, 0.5) is 0 Å². The molecule has 2 aromatic rings. The lowest BCUT2D eigenvalue weighted by molar-refractivity contribution is -0.143. The van der Waals surface area contributed by atoms with E-state index in [1.807, 2.05) is 54.6 Å². The molecule has 0 unspecified atom stereocenters. The minimum atomic E-state index is -0.534. The molecule has 3 rings (SSSR count). The Morgan fingerprint density at radius 1 is 1.13 bits per heavy atom. The van der Waals surface area contributed by atoms with Crippen molar-refractivity contribution in [3.05, 3.63) is 65.7 Å². The topological polar surface area (TPSA) is 49.8 Å². The van der Waals surface area contributed by atoms with Crippen LogP contribution in [0.3, 0.4) is 0 Å². The molecule has 0 aliphatic carbocycles. The first-order chi connectivity index (χ1) is 11.2. The maximum Gasteiger partial charge on any atom is 0.223 e. The summed E-state index contributed by atoms with van der Waals surface area (Å²) in [6, 6.07) is 17.1. The molecule has 1 fully saturated rings. The number of aliphatic hydroxyl groups is 1. The van der Waals surface area contributed by atoms with Crippen LogP contribution >= 0.6 is 0 Å². The minimum absolute atomic E-state index is 0.0833. The number of carbonyl (C=O) groups excluding carboxylic acids is 1. The van der Waals surface area contributed by atoms with Crippen LogP contribution in [0.1, 0.15) is 30.0 Å². The standard InChI is InChI=1S/C19H21NO3/c1-23-16-9-7-14(8-10-16)13-20-18(22)12-11-17(21)19(20)15-5-3-2-4-6-15/h2-10,17,19,21H,11-13H2,1H3/t17-,19-/m1/s1. The van der Waals surface area contributed by atoms with Gasteiger partial charge in [-0.3, -0.25) is 4.79 Å². The van der Waals surface area contributed by atoms with Crippen molar-refractivity contribution >= 4 is 5.91 Å². The highest BCUT2D eigenvalue weighted by Crippen LogP contribution is 2.33. The molecule has 0 saturated carbocycles. The molecule has 0 radical (unpaired) electrons. The SMILES string of the molecule is COc1ccc(CN2C(=O)CC[C@@H](O)[C@H]2c2ccccc2)cc1. The van der Waals surface area contributed by atoms with Gasteiger partial charge in [0.2, 0.25) is 5.91 Å². The molecule has 0 bridgehead atoms. The zero-order valence-corrected chi connectivity index (χ0v) is 13.2. The summed E-state index contributed by atoms with van der Waals surface area (Å²) in [5.41, 5.74) is 2.00. The Kier molecular flexibility index (Phi) is 4.63. The monoisotopic (exact) mass is 311 g/mol. The van der Waals surface area contributed by atoms with Gasteiger partial charge in [0.1, 0.15) is 5.75 Å². The fourth-order valence-electron chi connectivity index (χ4n) is 3.10. The van der Waals surface area contributed by atoms with Gasteiger partial charge in [0, 0.05) is 13.0 Å². The zero-order valence-electron chi connectivity index (χ0n) is 13.2. The van der Waals surface area contributed by atoms with Gasteiger partial charge in [-0.1, -0.05) is 42.5 Å². The smallest absolute Gasteiger partial charge is 0.223 e. The van der Waals surface area contributed by atoms with Crippen molar-refractivity contribution in [1.82, 2.24) is 4.90 Å². The van der Waals surface area contributed by atoms with Crippen molar-refractivity contribution in [3.63, 3.8) is 0 Å². The number of benzene rings is 2. The van der Waals surface area contributed by atoms with Gasteiger partial charge in [-0.2, -0.15) is 0 Å². The van der Waals surface area contributed by atoms with E-state index in [4.69, 9.17) is 4.74 Å². The van der Waals surface area contributed by atoms with Crippen molar-refractivity contribution in [2.45, 2.75) is 31.5 Å². The highest BCUT2D eigenvalue weighted by atomic mass is 16.5. The fourth-order valence-corrected chi connectivity index (χ4v) is 3.10. The molecule has 120 valence electrons. The molecule has 1 saturated heterocycles. The maximum absolute atomic E-state index is 12.4. The second-order valence-electron chi connectivity index (χ2n) is 5.83. The van der Waals surface area contributed by atoms with Crippen molar-refractivity contribution in [2.24, 2.45) is 0 Å². The molecule has 1 N–H and O–H groups in total. The van der Waals surface area contributed by atoms with E-state index in [9.17, 15) is 9.90 Å². The number of hydrogen-bond acceptors (Lipinski definition) is 3. The van der Waals surface area contributed by atoms with Crippen LogP contribution < -0.4 is 4.74 Å². The Balaban J connectivity index is 1.87. The number of ether oxygens (including phenoxy) is 1. The summed E-state index contributed by atoms with van der Waals surface area (Å²) < 4.78 is 5.17. The molecule has 2 aromatic carbocycles. The molecule has 2 atom stereocenters. The average Bonchev–Trinajstić information content (AvgIpc) is 2.60. The van der Waals surface area contributed by atoms with Crippen LogP contribution in [-0.4, -0.2) is 29.1 Å². The summed E-state index contributed by atoms with van der Waals surface area (Å²) in [5.74, 6) is 0.873. The predicted molar refractivity (Wildman–Crippen MR) is 88.0 cm³/mol. The highest BCUT2D eigenvalue weighted by Gasteiger charge is 2.35. The Morgan fingerprint density at radius 3 is 2.48 bits per heavy atom. The molecule has 0 aromatic heterocycles. The van der Waals surface area contributed by atoms with Gasteiger partial charge in [-0.15, -0.1) is 0 Å². The molecular formula is C19H21NO3. The average molecular weight is 311 g/mol.